The minimum absolute atomic E-state index is 0.393. The second-order valence-corrected chi connectivity index (χ2v) is 3.14. The van der Waals surface area contributed by atoms with Crippen molar-refractivity contribution in [2.45, 2.75) is 26.8 Å². The molecule has 1 aromatic heterocycles. The summed E-state index contributed by atoms with van der Waals surface area (Å²) in [4.78, 5) is 10.3. The quantitative estimate of drug-likeness (QED) is 0.761. The molecule has 0 saturated heterocycles. The molecule has 4 nitrogen and oxygen atoms in total. The van der Waals surface area contributed by atoms with Crippen LogP contribution < -0.4 is 10.6 Å². The van der Waals surface area contributed by atoms with Gasteiger partial charge in [0.2, 0.25) is 0 Å². The third-order valence-corrected chi connectivity index (χ3v) is 1.94. The van der Waals surface area contributed by atoms with Crippen molar-refractivity contribution >= 4 is 11.6 Å². The van der Waals surface area contributed by atoms with E-state index >= 15 is 0 Å². The monoisotopic (exact) mass is 180 g/mol. The Balaban J connectivity index is 2.97. The maximum absolute atomic E-state index is 5.72. The van der Waals surface area contributed by atoms with Gasteiger partial charge in [0, 0.05) is 25.0 Å². The van der Waals surface area contributed by atoms with E-state index in [1.165, 1.54) is 0 Å². The minimum Gasteiger partial charge on any atom is -0.381 e. The van der Waals surface area contributed by atoms with E-state index < -0.39 is 0 Å². The van der Waals surface area contributed by atoms with Crippen LogP contribution in [0.25, 0.3) is 0 Å². The van der Waals surface area contributed by atoms with Crippen LogP contribution in [-0.2, 0) is 0 Å². The number of nitrogens with zero attached hydrogens (tertiary/aromatic N) is 3. The fraction of sp³-hybridized carbons (Fsp3) is 0.556. The normalized spacial score (nSPS) is 10.5. The van der Waals surface area contributed by atoms with Gasteiger partial charge in [-0.3, -0.25) is 0 Å². The first-order chi connectivity index (χ1) is 6.16. The number of aromatic nitrogens is 2. The molecular formula is C9H16N4. The molecule has 0 aliphatic heterocycles. The van der Waals surface area contributed by atoms with Gasteiger partial charge in [-0.1, -0.05) is 0 Å². The lowest BCUT2D eigenvalue weighted by Gasteiger charge is -2.26. The summed E-state index contributed by atoms with van der Waals surface area (Å²) >= 11 is 0. The molecular weight excluding hydrogens is 164 g/mol. The summed E-state index contributed by atoms with van der Waals surface area (Å²) in [6.45, 7) is 7.18. The van der Waals surface area contributed by atoms with Gasteiger partial charge >= 0.3 is 0 Å². The lowest BCUT2D eigenvalue weighted by molar-refractivity contribution is 0.693. The zero-order chi connectivity index (χ0) is 9.84. The van der Waals surface area contributed by atoms with Crippen LogP contribution in [0.3, 0.4) is 0 Å². The van der Waals surface area contributed by atoms with Crippen LogP contribution in [0.2, 0.25) is 0 Å². The van der Waals surface area contributed by atoms with Crippen molar-refractivity contribution in [3.63, 3.8) is 0 Å². The minimum atomic E-state index is 0.393. The molecule has 2 N–H and O–H groups in total. The fourth-order valence-corrected chi connectivity index (χ4v) is 1.32. The zero-order valence-corrected chi connectivity index (χ0v) is 8.36. The van der Waals surface area contributed by atoms with E-state index in [2.05, 4.69) is 35.6 Å². The van der Waals surface area contributed by atoms with Crippen molar-refractivity contribution in [1.29, 1.82) is 0 Å². The van der Waals surface area contributed by atoms with Gasteiger partial charge in [0.15, 0.2) is 11.6 Å². The van der Waals surface area contributed by atoms with Crippen LogP contribution in [0.1, 0.15) is 20.8 Å². The summed E-state index contributed by atoms with van der Waals surface area (Å²) in [5, 5.41) is 0. The maximum atomic E-state index is 5.72. The van der Waals surface area contributed by atoms with E-state index in [0.717, 1.165) is 12.4 Å². The van der Waals surface area contributed by atoms with Crippen LogP contribution in [0.4, 0.5) is 11.6 Å². The predicted octanol–water partition coefficient (Wildman–Crippen LogP) is 1.29. The van der Waals surface area contributed by atoms with Crippen LogP contribution in [0.15, 0.2) is 12.4 Å². The van der Waals surface area contributed by atoms with Gasteiger partial charge in [-0.15, -0.1) is 0 Å². The van der Waals surface area contributed by atoms with E-state index in [-0.39, 0.29) is 0 Å². The Labute approximate surface area is 78.8 Å². The third-order valence-electron chi connectivity index (χ3n) is 1.94. The fourth-order valence-electron chi connectivity index (χ4n) is 1.32. The molecule has 13 heavy (non-hydrogen) atoms. The lowest BCUT2D eigenvalue weighted by Crippen LogP contribution is -2.32. The smallest absolute Gasteiger partial charge is 0.171 e. The topological polar surface area (TPSA) is 55.0 Å². The largest absolute Gasteiger partial charge is 0.381 e. The number of rotatable bonds is 3. The third kappa shape index (κ3) is 2.08. The average Bonchev–Trinajstić information content (AvgIpc) is 2.09. The van der Waals surface area contributed by atoms with E-state index in [9.17, 15) is 0 Å². The van der Waals surface area contributed by atoms with Gasteiger partial charge < -0.3 is 10.6 Å². The van der Waals surface area contributed by atoms with E-state index in [4.69, 9.17) is 5.73 Å². The summed E-state index contributed by atoms with van der Waals surface area (Å²) < 4.78 is 0. The van der Waals surface area contributed by atoms with E-state index in [1.54, 1.807) is 12.4 Å². The Kier molecular flexibility index (Phi) is 3.06. The SMILES string of the molecule is CCN(c1nccnc1N)C(C)C. The van der Waals surface area contributed by atoms with Crippen molar-refractivity contribution < 1.29 is 0 Å². The van der Waals surface area contributed by atoms with Gasteiger partial charge in [0.1, 0.15) is 0 Å². The van der Waals surface area contributed by atoms with Gasteiger partial charge in [-0.05, 0) is 20.8 Å². The molecule has 0 radical (unpaired) electrons. The number of nitrogens with two attached hydrogens (primary N) is 1. The molecule has 0 aliphatic carbocycles. The maximum Gasteiger partial charge on any atom is 0.171 e. The Morgan fingerprint density at radius 3 is 2.46 bits per heavy atom. The van der Waals surface area contributed by atoms with Crippen LogP contribution in [0.5, 0.6) is 0 Å². The highest BCUT2D eigenvalue weighted by Crippen LogP contribution is 2.18. The molecule has 0 saturated carbocycles. The van der Waals surface area contributed by atoms with Gasteiger partial charge in [-0.25, -0.2) is 9.97 Å². The lowest BCUT2D eigenvalue weighted by atomic mass is 10.3. The standard InChI is InChI=1S/C9H16N4/c1-4-13(7(2)3)9-8(10)11-5-6-12-9/h5-7H,4H2,1-3H3,(H2,10,11). The summed E-state index contributed by atoms with van der Waals surface area (Å²) in [6.07, 6.45) is 3.27. The Hall–Kier alpha value is -1.32. The molecule has 0 spiro atoms. The molecule has 1 heterocycles. The highest BCUT2D eigenvalue weighted by Gasteiger charge is 2.12. The molecule has 0 atom stereocenters. The number of hydrogen-bond acceptors (Lipinski definition) is 4. The summed E-state index contributed by atoms with van der Waals surface area (Å²) in [6, 6.07) is 0.393. The Bertz CT molecular complexity index is 272. The summed E-state index contributed by atoms with van der Waals surface area (Å²) in [5.41, 5.74) is 5.72. The summed E-state index contributed by atoms with van der Waals surface area (Å²) in [5.74, 6) is 1.28. The number of hydrogen-bond donors (Lipinski definition) is 1. The van der Waals surface area contributed by atoms with Crippen LogP contribution >= 0.6 is 0 Å². The van der Waals surface area contributed by atoms with Gasteiger partial charge in [-0.2, -0.15) is 0 Å². The highest BCUT2D eigenvalue weighted by molar-refractivity contribution is 5.57. The number of nitrogen functional groups attached to an aromatic ring is 1. The van der Waals surface area contributed by atoms with Crippen molar-refractivity contribution in [2.75, 3.05) is 17.2 Å². The van der Waals surface area contributed by atoms with Crippen LogP contribution in [0, 0.1) is 0 Å². The molecule has 0 unspecified atom stereocenters. The summed E-state index contributed by atoms with van der Waals surface area (Å²) in [7, 11) is 0. The first-order valence-corrected chi connectivity index (χ1v) is 4.50. The highest BCUT2D eigenvalue weighted by atomic mass is 15.2. The second kappa shape index (κ2) is 4.07. The van der Waals surface area contributed by atoms with Gasteiger partial charge in [0.05, 0.1) is 0 Å². The van der Waals surface area contributed by atoms with Crippen molar-refractivity contribution in [3.8, 4) is 0 Å². The van der Waals surface area contributed by atoms with E-state index in [1.807, 2.05) is 0 Å². The first kappa shape index (κ1) is 9.77. The van der Waals surface area contributed by atoms with Crippen LogP contribution in [-0.4, -0.2) is 22.6 Å². The predicted molar refractivity (Wildman–Crippen MR) is 54.6 cm³/mol. The zero-order valence-electron chi connectivity index (χ0n) is 8.36. The Morgan fingerprint density at radius 1 is 1.38 bits per heavy atom. The molecule has 0 fully saturated rings. The second-order valence-electron chi connectivity index (χ2n) is 3.14. The van der Waals surface area contributed by atoms with Crippen molar-refractivity contribution in [1.82, 2.24) is 9.97 Å². The molecule has 72 valence electrons. The molecule has 0 bridgehead atoms. The average molecular weight is 180 g/mol. The van der Waals surface area contributed by atoms with Crippen molar-refractivity contribution in [3.05, 3.63) is 12.4 Å². The van der Waals surface area contributed by atoms with Crippen molar-refractivity contribution in [2.24, 2.45) is 0 Å². The molecule has 0 aliphatic rings. The molecule has 0 aromatic carbocycles. The molecule has 4 heteroatoms. The Morgan fingerprint density at radius 2 is 2.00 bits per heavy atom. The molecule has 1 aromatic rings. The molecule has 1 rings (SSSR count). The van der Waals surface area contributed by atoms with Gasteiger partial charge in [0.25, 0.3) is 0 Å². The molecule has 0 amide bonds. The first-order valence-electron chi connectivity index (χ1n) is 4.50. The van der Waals surface area contributed by atoms with E-state index in [0.29, 0.717) is 11.9 Å². The number of anilines is 2.